The molecule has 0 spiro atoms. The number of nitrogens with one attached hydrogen (secondary N) is 1. The zero-order valence-corrected chi connectivity index (χ0v) is 13.9. The standard InChI is InChI=1S/C16H25N5.ClH/c1-12(13-8-4-2-5-9-13)21(16(19)20-15(17)18)14-10-6-3-7-11-14;/h2,4-5,8-9,12,14H,3,6-7,10-11H2,1H3,(H5,17,18,19,20);1H. The fraction of sp³-hybridized carbons (Fsp3) is 0.500. The molecule has 2 rings (SSSR count). The molecule has 0 heterocycles. The van der Waals surface area contributed by atoms with E-state index in [2.05, 4.69) is 28.9 Å². The number of nitrogens with zero attached hydrogens (tertiary/aromatic N) is 2. The summed E-state index contributed by atoms with van der Waals surface area (Å²) in [5.41, 5.74) is 12.1. The van der Waals surface area contributed by atoms with E-state index in [1.165, 1.54) is 24.8 Å². The molecular weight excluding hydrogens is 298 g/mol. The molecule has 22 heavy (non-hydrogen) atoms. The van der Waals surface area contributed by atoms with Crippen molar-refractivity contribution in [1.29, 1.82) is 5.41 Å². The predicted molar refractivity (Wildman–Crippen MR) is 94.4 cm³/mol. The zero-order chi connectivity index (χ0) is 15.2. The molecule has 0 amide bonds. The highest BCUT2D eigenvalue weighted by Gasteiger charge is 2.28. The van der Waals surface area contributed by atoms with E-state index in [9.17, 15) is 0 Å². The summed E-state index contributed by atoms with van der Waals surface area (Å²) in [6, 6.07) is 10.6. The van der Waals surface area contributed by atoms with E-state index in [1.54, 1.807) is 0 Å². The first kappa shape index (κ1) is 18.3. The third-order valence-electron chi connectivity index (χ3n) is 4.15. The van der Waals surface area contributed by atoms with E-state index >= 15 is 0 Å². The van der Waals surface area contributed by atoms with E-state index in [0.717, 1.165) is 12.8 Å². The van der Waals surface area contributed by atoms with Crippen LogP contribution in [0, 0.1) is 5.41 Å². The number of guanidine groups is 2. The van der Waals surface area contributed by atoms with Crippen LogP contribution in [0.5, 0.6) is 0 Å². The smallest absolute Gasteiger partial charge is 0.221 e. The fourth-order valence-electron chi connectivity index (χ4n) is 3.10. The predicted octanol–water partition coefficient (Wildman–Crippen LogP) is 3.01. The first-order valence-corrected chi connectivity index (χ1v) is 7.61. The van der Waals surface area contributed by atoms with E-state index in [-0.39, 0.29) is 30.4 Å². The number of hydrogen-bond donors (Lipinski definition) is 3. The molecule has 1 aliphatic carbocycles. The summed E-state index contributed by atoms with van der Waals surface area (Å²) in [6.07, 6.45) is 5.88. The molecule has 1 unspecified atom stereocenters. The Balaban J connectivity index is 0.00000242. The molecule has 0 saturated heterocycles. The molecule has 0 aromatic heterocycles. The van der Waals surface area contributed by atoms with Gasteiger partial charge in [0.2, 0.25) is 5.96 Å². The Kier molecular flexibility index (Phi) is 7.18. The van der Waals surface area contributed by atoms with Gasteiger partial charge < -0.3 is 16.4 Å². The van der Waals surface area contributed by atoms with E-state index in [4.69, 9.17) is 16.9 Å². The Morgan fingerprint density at radius 2 is 1.77 bits per heavy atom. The number of benzene rings is 1. The summed E-state index contributed by atoms with van der Waals surface area (Å²) >= 11 is 0. The van der Waals surface area contributed by atoms with E-state index in [1.807, 2.05) is 18.2 Å². The second kappa shape index (κ2) is 8.63. The molecule has 1 aromatic carbocycles. The van der Waals surface area contributed by atoms with Gasteiger partial charge in [-0.1, -0.05) is 49.6 Å². The van der Waals surface area contributed by atoms with Gasteiger partial charge in [0, 0.05) is 6.04 Å². The fourth-order valence-corrected chi connectivity index (χ4v) is 3.10. The van der Waals surface area contributed by atoms with Gasteiger partial charge in [0.1, 0.15) is 0 Å². The maximum atomic E-state index is 8.27. The molecule has 122 valence electrons. The normalized spacial score (nSPS) is 16.2. The number of halogens is 1. The summed E-state index contributed by atoms with van der Waals surface area (Å²) in [4.78, 5) is 6.04. The summed E-state index contributed by atoms with van der Waals surface area (Å²) < 4.78 is 0. The Labute approximate surface area is 138 Å². The van der Waals surface area contributed by atoms with Crippen LogP contribution in [-0.2, 0) is 0 Å². The molecule has 1 aliphatic rings. The number of nitrogens with two attached hydrogens (primary N) is 2. The highest BCUT2D eigenvalue weighted by atomic mass is 35.5. The third kappa shape index (κ3) is 4.63. The van der Waals surface area contributed by atoms with Crippen molar-refractivity contribution in [2.24, 2.45) is 16.5 Å². The van der Waals surface area contributed by atoms with Crippen LogP contribution in [0.3, 0.4) is 0 Å². The lowest BCUT2D eigenvalue weighted by Crippen LogP contribution is -2.43. The maximum absolute atomic E-state index is 8.27. The van der Waals surface area contributed by atoms with Crippen molar-refractivity contribution in [3.05, 3.63) is 35.9 Å². The second-order valence-electron chi connectivity index (χ2n) is 5.65. The topological polar surface area (TPSA) is 91.5 Å². The third-order valence-corrected chi connectivity index (χ3v) is 4.15. The Morgan fingerprint density at radius 1 is 1.18 bits per heavy atom. The molecule has 5 N–H and O–H groups in total. The van der Waals surface area contributed by atoms with Gasteiger partial charge in [-0.05, 0) is 25.3 Å². The molecule has 5 nitrogen and oxygen atoms in total. The molecule has 1 aromatic rings. The van der Waals surface area contributed by atoms with Gasteiger partial charge in [-0.25, -0.2) is 0 Å². The highest BCUT2D eigenvalue weighted by molar-refractivity contribution is 5.92. The number of hydrogen-bond acceptors (Lipinski definition) is 1. The van der Waals surface area contributed by atoms with Gasteiger partial charge in [0.15, 0.2) is 5.96 Å². The van der Waals surface area contributed by atoms with Crippen LogP contribution in [0.2, 0.25) is 0 Å². The van der Waals surface area contributed by atoms with Crippen molar-refractivity contribution in [2.75, 3.05) is 0 Å². The second-order valence-corrected chi connectivity index (χ2v) is 5.65. The molecule has 0 radical (unpaired) electrons. The van der Waals surface area contributed by atoms with Gasteiger partial charge in [-0.2, -0.15) is 4.99 Å². The van der Waals surface area contributed by atoms with Crippen LogP contribution in [0.1, 0.15) is 50.6 Å². The van der Waals surface area contributed by atoms with Crippen LogP contribution in [-0.4, -0.2) is 22.9 Å². The molecule has 0 bridgehead atoms. The first-order valence-electron chi connectivity index (χ1n) is 7.61. The van der Waals surface area contributed by atoms with Crippen LogP contribution in [0.15, 0.2) is 35.3 Å². The molecule has 1 atom stereocenters. The average Bonchev–Trinajstić information content (AvgIpc) is 2.48. The molecule has 1 saturated carbocycles. The molecule has 1 fully saturated rings. The van der Waals surface area contributed by atoms with Crippen molar-refractivity contribution in [1.82, 2.24) is 4.90 Å². The lowest BCUT2D eigenvalue weighted by atomic mass is 9.92. The maximum Gasteiger partial charge on any atom is 0.221 e. The van der Waals surface area contributed by atoms with Crippen molar-refractivity contribution in [2.45, 2.75) is 51.1 Å². The monoisotopic (exact) mass is 323 g/mol. The lowest BCUT2D eigenvalue weighted by molar-refractivity contribution is 0.196. The Bertz CT molecular complexity index is 493. The van der Waals surface area contributed by atoms with Crippen LogP contribution in [0.25, 0.3) is 0 Å². The van der Waals surface area contributed by atoms with Gasteiger partial charge in [0.25, 0.3) is 0 Å². The summed E-state index contributed by atoms with van der Waals surface area (Å²) in [5, 5.41) is 8.27. The highest BCUT2D eigenvalue weighted by Crippen LogP contribution is 2.30. The minimum absolute atomic E-state index is 0. The van der Waals surface area contributed by atoms with E-state index in [0.29, 0.717) is 6.04 Å². The van der Waals surface area contributed by atoms with Crippen molar-refractivity contribution < 1.29 is 0 Å². The zero-order valence-electron chi connectivity index (χ0n) is 13.0. The minimum atomic E-state index is -0.0546. The average molecular weight is 324 g/mol. The van der Waals surface area contributed by atoms with Gasteiger partial charge in [0.05, 0.1) is 6.04 Å². The van der Waals surface area contributed by atoms with Gasteiger partial charge >= 0.3 is 0 Å². The molecule has 6 heteroatoms. The largest absolute Gasteiger partial charge is 0.370 e. The molecular formula is C16H26ClN5. The Hall–Kier alpha value is -1.75. The van der Waals surface area contributed by atoms with E-state index < -0.39 is 0 Å². The molecule has 0 aliphatic heterocycles. The van der Waals surface area contributed by atoms with Crippen LogP contribution < -0.4 is 11.5 Å². The summed E-state index contributed by atoms with van der Waals surface area (Å²) in [6.45, 7) is 2.11. The summed E-state index contributed by atoms with van der Waals surface area (Å²) in [5.74, 6) is 0.110. The van der Waals surface area contributed by atoms with Crippen molar-refractivity contribution in [3.63, 3.8) is 0 Å². The number of aliphatic imine (C=N–C) groups is 1. The first-order chi connectivity index (χ1) is 10.1. The lowest BCUT2D eigenvalue weighted by Gasteiger charge is -2.39. The summed E-state index contributed by atoms with van der Waals surface area (Å²) in [7, 11) is 0. The number of rotatable bonds is 3. The van der Waals surface area contributed by atoms with Crippen molar-refractivity contribution in [3.8, 4) is 0 Å². The van der Waals surface area contributed by atoms with Gasteiger partial charge in [-0.3, -0.25) is 5.41 Å². The SMILES string of the molecule is CC(c1ccccc1)N(C(=N)N=C(N)N)C1CCCCC1.Cl. The Morgan fingerprint density at radius 3 is 2.32 bits per heavy atom. The van der Waals surface area contributed by atoms with Gasteiger partial charge in [-0.15, -0.1) is 12.4 Å². The van der Waals surface area contributed by atoms with Crippen molar-refractivity contribution >= 4 is 24.3 Å². The van der Waals surface area contributed by atoms with Crippen LogP contribution in [0.4, 0.5) is 0 Å². The quantitative estimate of drug-likeness (QED) is 0.589. The van der Waals surface area contributed by atoms with Crippen LogP contribution >= 0.6 is 12.4 Å². The minimum Gasteiger partial charge on any atom is -0.370 e.